The smallest absolute Gasteiger partial charge is 0.180 e. The van der Waals surface area contributed by atoms with E-state index >= 15 is 0 Å². The molecule has 0 aromatic carbocycles. The van der Waals surface area contributed by atoms with Gasteiger partial charge in [0.1, 0.15) is 0 Å². The maximum atomic E-state index is 6.30. The number of allylic oxidation sites excluding steroid dienone is 4. The van der Waals surface area contributed by atoms with Crippen LogP contribution in [0.2, 0.25) is 0 Å². The van der Waals surface area contributed by atoms with Gasteiger partial charge in [0.15, 0.2) is 5.13 Å². The zero-order chi connectivity index (χ0) is 11.9. The highest BCUT2D eigenvalue weighted by molar-refractivity contribution is 7.13. The highest BCUT2D eigenvalue weighted by Gasteiger charge is 2.35. The minimum absolute atomic E-state index is 0.377. The average Bonchev–Trinajstić information content (AvgIpc) is 2.57. The van der Waals surface area contributed by atoms with Crippen LogP contribution in [0.4, 0.5) is 5.13 Å². The maximum absolute atomic E-state index is 6.30. The van der Waals surface area contributed by atoms with Crippen LogP contribution in [0, 0.1) is 0 Å². The van der Waals surface area contributed by atoms with Gasteiger partial charge in [-0.05, 0) is 19.1 Å². The second kappa shape index (κ2) is 4.22. The SMILES string of the molecule is CC1(Cl)C=C(Cl)C=C(c2csc(N)n2)C1Cl. The number of anilines is 1. The number of nitrogen functional groups attached to an aromatic ring is 1. The van der Waals surface area contributed by atoms with E-state index in [2.05, 4.69) is 4.98 Å². The van der Waals surface area contributed by atoms with Crippen molar-refractivity contribution in [2.24, 2.45) is 0 Å². The minimum atomic E-state index is -0.707. The van der Waals surface area contributed by atoms with Gasteiger partial charge in [-0.2, -0.15) is 0 Å². The highest BCUT2D eigenvalue weighted by Crippen LogP contribution is 2.41. The zero-order valence-electron chi connectivity index (χ0n) is 8.38. The molecule has 1 aromatic rings. The molecule has 2 N–H and O–H groups in total. The van der Waals surface area contributed by atoms with Gasteiger partial charge in [-0.1, -0.05) is 11.6 Å². The number of halogens is 3. The number of nitrogens with two attached hydrogens (primary N) is 1. The molecule has 0 spiro atoms. The van der Waals surface area contributed by atoms with Gasteiger partial charge in [0.25, 0.3) is 0 Å². The Hall–Kier alpha value is -0.220. The minimum Gasteiger partial charge on any atom is -0.375 e. The lowest BCUT2D eigenvalue weighted by Gasteiger charge is -2.29. The van der Waals surface area contributed by atoms with Gasteiger partial charge < -0.3 is 5.73 Å². The summed E-state index contributed by atoms with van der Waals surface area (Å²) in [5, 5.41) is 2.54. The summed E-state index contributed by atoms with van der Waals surface area (Å²) < 4.78 is 0. The normalized spacial score (nSPS) is 29.9. The lowest BCUT2D eigenvalue weighted by Crippen LogP contribution is -2.30. The molecule has 2 atom stereocenters. The third-order valence-electron chi connectivity index (χ3n) is 2.30. The Labute approximate surface area is 113 Å². The van der Waals surface area contributed by atoms with Crippen molar-refractivity contribution >= 4 is 56.8 Å². The molecular formula is C10H9Cl3N2S. The van der Waals surface area contributed by atoms with Crippen LogP contribution in [0.3, 0.4) is 0 Å². The molecule has 0 saturated heterocycles. The number of alkyl halides is 2. The fourth-order valence-corrected chi connectivity index (χ4v) is 2.98. The molecule has 2 rings (SSSR count). The van der Waals surface area contributed by atoms with Crippen molar-refractivity contribution in [1.29, 1.82) is 0 Å². The van der Waals surface area contributed by atoms with Crippen LogP contribution in [-0.2, 0) is 0 Å². The van der Waals surface area contributed by atoms with E-state index in [0.717, 1.165) is 11.3 Å². The topological polar surface area (TPSA) is 38.9 Å². The monoisotopic (exact) mass is 294 g/mol. The average molecular weight is 296 g/mol. The molecule has 0 aliphatic heterocycles. The Morgan fingerprint density at radius 3 is 2.81 bits per heavy atom. The Balaban J connectivity index is 2.45. The highest BCUT2D eigenvalue weighted by atomic mass is 35.5. The summed E-state index contributed by atoms with van der Waals surface area (Å²) >= 11 is 20.0. The van der Waals surface area contributed by atoms with E-state index in [1.54, 1.807) is 12.2 Å². The summed E-state index contributed by atoms with van der Waals surface area (Å²) in [7, 11) is 0. The molecule has 0 radical (unpaired) electrons. The standard InChI is InChI=1S/C10H9Cl3N2S/c1-10(13)3-5(11)2-6(8(10)12)7-4-16-9(14)15-7/h2-4,8H,1H3,(H2,14,15). The summed E-state index contributed by atoms with van der Waals surface area (Å²) in [6.07, 6.45) is 3.50. The van der Waals surface area contributed by atoms with E-state index in [1.807, 2.05) is 12.3 Å². The Bertz CT molecular complexity index is 476. The fraction of sp³-hybridized carbons (Fsp3) is 0.300. The quantitative estimate of drug-likeness (QED) is 0.799. The van der Waals surface area contributed by atoms with Crippen molar-refractivity contribution < 1.29 is 0 Å². The van der Waals surface area contributed by atoms with Gasteiger partial charge in [0, 0.05) is 16.0 Å². The van der Waals surface area contributed by atoms with Crippen LogP contribution in [0.1, 0.15) is 12.6 Å². The van der Waals surface area contributed by atoms with E-state index in [9.17, 15) is 0 Å². The molecule has 0 bridgehead atoms. The fourth-order valence-electron chi connectivity index (χ4n) is 1.53. The number of nitrogens with zero attached hydrogens (tertiary/aromatic N) is 1. The Morgan fingerprint density at radius 2 is 2.25 bits per heavy atom. The Morgan fingerprint density at radius 1 is 1.56 bits per heavy atom. The summed E-state index contributed by atoms with van der Waals surface area (Å²) in [5.74, 6) is 0. The lowest BCUT2D eigenvalue weighted by atomic mass is 9.93. The summed E-state index contributed by atoms with van der Waals surface area (Å²) in [6, 6.07) is 0. The largest absolute Gasteiger partial charge is 0.375 e. The second-order valence-corrected chi connectivity index (χ2v) is 6.29. The molecule has 2 unspecified atom stereocenters. The van der Waals surface area contributed by atoms with Crippen LogP contribution in [0.25, 0.3) is 5.57 Å². The first-order valence-corrected chi connectivity index (χ1v) is 6.61. The summed E-state index contributed by atoms with van der Waals surface area (Å²) in [5.41, 5.74) is 7.13. The zero-order valence-corrected chi connectivity index (χ0v) is 11.5. The van der Waals surface area contributed by atoms with Gasteiger partial charge in [-0.25, -0.2) is 4.98 Å². The predicted molar refractivity (Wildman–Crippen MR) is 72.3 cm³/mol. The van der Waals surface area contributed by atoms with Gasteiger partial charge in [-0.3, -0.25) is 0 Å². The molecule has 16 heavy (non-hydrogen) atoms. The molecule has 1 heterocycles. The van der Waals surface area contributed by atoms with Crippen molar-refractivity contribution in [3.8, 4) is 0 Å². The van der Waals surface area contributed by atoms with E-state index < -0.39 is 4.87 Å². The van der Waals surface area contributed by atoms with Crippen molar-refractivity contribution in [1.82, 2.24) is 4.98 Å². The molecule has 2 nitrogen and oxygen atoms in total. The van der Waals surface area contributed by atoms with E-state index in [4.69, 9.17) is 40.5 Å². The van der Waals surface area contributed by atoms with Gasteiger partial charge >= 0.3 is 0 Å². The number of rotatable bonds is 1. The summed E-state index contributed by atoms with van der Waals surface area (Å²) in [4.78, 5) is 3.48. The molecule has 1 aliphatic carbocycles. The van der Waals surface area contributed by atoms with E-state index in [0.29, 0.717) is 10.2 Å². The van der Waals surface area contributed by atoms with Crippen LogP contribution >= 0.6 is 46.1 Å². The first-order valence-electron chi connectivity index (χ1n) is 4.54. The van der Waals surface area contributed by atoms with Crippen LogP contribution < -0.4 is 5.73 Å². The molecule has 6 heteroatoms. The molecular weight excluding hydrogens is 287 g/mol. The molecule has 0 fully saturated rings. The van der Waals surface area contributed by atoms with Crippen LogP contribution in [0.5, 0.6) is 0 Å². The number of thiazole rings is 1. The van der Waals surface area contributed by atoms with Crippen molar-refractivity contribution in [3.63, 3.8) is 0 Å². The molecule has 86 valence electrons. The van der Waals surface area contributed by atoms with Gasteiger partial charge in [-0.15, -0.1) is 34.5 Å². The van der Waals surface area contributed by atoms with Crippen molar-refractivity contribution in [2.75, 3.05) is 5.73 Å². The molecule has 0 saturated carbocycles. The molecule has 1 aliphatic rings. The third kappa shape index (κ3) is 2.23. The van der Waals surface area contributed by atoms with E-state index in [1.165, 1.54) is 11.3 Å². The van der Waals surface area contributed by atoms with Crippen LogP contribution in [0.15, 0.2) is 22.6 Å². The third-order valence-corrected chi connectivity index (χ3v) is 4.32. The predicted octanol–water partition coefficient (Wildman–Crippen LogP) is 3.85. The number of aromatic nitrogens is 1. The first-order chi connectivity index (χ1) is 7.40. The summed E-state index contributed by atoms with van der Waals surface area (Å²) in [6.45, 7) is 1.82. The Kier molecular flexibility index (Phi) is 3.23. The van der Waals surface area contributed by atoms with Crippen molar-refractivity contribution in [2.45, 2.75) is 17.2 Å². The van der Waals surface area contributed by atoms with Gasteiger partial charge in [0.2, 0.25) is 0 Å². The van der Waals surface area contributed by atoms with Gasteiger partial charge in [0.05, 0.1) is 15.9 Å². The van der Waals surface area contributed by atoms with Crippen molar-refractivity contribution in [3.05, 3.63) is 28.3 Å². The second-order valence-electron chi connectivity index (χ2n) is 3.71. The lowest BCUT2D eigenvalue weighted by molar-refractivity contribution is 0.799. The molecule has 1 aromatic heterocycles. The van der Waals surface area contributed by atoms with Crippen LogP contribution in [-0.4, -0.2) is 15.2 Å². The number of hydrogen-bond donors (Lipinski definition) is 1. The maximum Gasteiger partial charge on any atom is 0.180 e. The first kappa shape index (κ1) is 12.2. The van der Waals surface area contributed by atoms with E-state index in [-0.39, 0.29) is 5.38 Å². The molecule has 0 amide bonds. The number of hydrogen-bond acceptors (Lipinski definition) is 3.